The van der Waals surface area contributed by atoms with E-state index in [4.69, 9.17) is 5.73 Å². The molecule has 0 saturated heterocycles. The monoisotopic (exact) mass is 180 g/mol. The Balaban J connectivity index is 2.86. The molecule has 0 aliphatic carbocycles. The minimum atomic E-state index is 0.469. The van der Waals surface area contributed by atoms with E-state index in [-0.39, 0.29) is 0 Å². The van der Waals surface area contributed by atoms with Gasteiger partial charge in [-0.25, -0.2) is 9.97 Å². The topological polar surface area (TPSA) is 55.0 Å². The highest BCUT2D eigenvalue weighted by atomic mass is 15.2. The van der Waals surface area contributed by atoms with Crippen molar-refractivity contribution in [3.63, 3.8) is 0 Å². The first-order chi connectivity index (χ1) is 6.31. The smallest absolute Gasteiger partial charge is 0.225 e. The summed E-state index contributed by atoms with van der Waals surface area (Å²) in [6.07, 6.45) is 1.75. The first kappa shape index (κ1) is 9.92. The molecule has 1 heterocycles. The van der Waals surface area contributed by atoms with E-state index in [1.54, 1.807) is 6.20 Å². The quantitative estimate of drug-likeness (QED) is 0.744. The summed E-state index contributed by atoms with van der Waals surface area (Å²) < 4.78 is 0. The molecule has 1 aromatic heterocycles. The van der Waals surface area contributed by atoms with Gasteiger partial charge in [-0.05, 0) is 19.9 Å². The van der Waals surface area contributed by atoms with Crippen LogP contribution in [0, 0.1) is 0 Å². The van der Waals surface area contributed by atoms with Gasteiger partial charge >= 0.3 is 0 Å². The van der Waals surface area contributed by atoms with Gasteiger partial charge < -0.3 is 10.6 Å². The van der Waals surface area contributed by atoms with E-state index in [1.165, 1.54) is 0 Å². The molecule has 0 spiro atoms. The first-order valence-corrected chi connectivity index (χ1v) is 4.58. The van der Waals surface area contributed by atoms with Crippen LogP contribution >= 0.6 is 0 Å². The molecule has 2 N–H and O–H groups in total. The number of hydrogen-bond donors (Lipinski definition) is 1. The zero-order valence-electron chi connectivity index (χ0n) is 8.20. The van der Waals surface area contributed by atoms with E-state index >= 15 is 0 Å². The van der Waals surface area contributed by atoms with Crippen LogP contribution in [-0.4, -0.2) is 23.1 Å². The predicted molar refractivity (Wildman–Crippen MR) is 53.5 cm³/mol. The zero-order valence-corrected chi connectivity index (χ0v) is 8.20. The highest BCUT2D eigenvalue weighted by Gasteiger charge is 2.04. The van der Waals surface area contributed by atoms with E-state index in [0.717, 1.165) is 24.7 Å². The van der Waals surface area contributed by atoms with Gasteiger partial charge in [0.2, 0.25) is 5.95 Å². The Bertz CT molecular complexity index is 258. The number of anilines is 1. The Kier molecular flexibility index (Phi) is 3.64. The molecule has 72 valence electrons. The van der Waals surface area contributed by atoms with Crippen LogP contribution in [0.4, 0.5) is 5.95 Å². The van der Waals surface area contributed by atoms with Gasteiger partial charge in [0, 0.05) is 25.8 Å². The van der Waals surface area contributed by atoms with Crippen LogP contribution in [0.1, 0.15) is 19.5 Å². The average molecular weight is 180 g/mol. The maximum atomic E-state index is 5.49. The Labute approximate surface area is 78.8 Å². The molecule has 0 aromatic carbocycles. The summed E-state index contributed by atoms with van der Waals surface area (Å²) in [6, 6.07) is 1.84. The first-order valence-electron chi connectivity index (χ1n) is 4.58. The number of nitrogens with zero attached hydrogens (tertiary/aromatic N) is 3. The lowest BCUT2D eigenvalue weighted by atomic mass is 10.4. The Morgan fingerprint density at radius 1 is 1.38 bits per heavy atom. The molecular weight excluding hydrogens is 164 g/mol. The van der Waals surface area contributed by atoms with Crippen LogP contribution in [0.15, 0.2) is 12.3 Å². The van der Waals surface area contributed by atoms with Crippen molar-refractivity contribution in [2.45, 2.75) is 20.4 Å². The van der Waals surface area contributed by atoms with Crippen molar-refractivity contribution in [2.75, 3.05) is 18.0 Å². The zero-order chi connectivity index (χ0) is 9.68. The fourth-order valence-corrected chi connectivity index (χ4v) is 1.16. The summed E-state index contributed by atoms with van der Waals surface area (Å²) in [6.45, 7) is 6.48. The molecular formula is C9H16N4. The summed E-state index contributed by atoms with van der Waals surface area (Å²) in [5.41, 5.74) is 6.38. The van der Waals surface area contributed by atoms with Gasteiger partial charge in [-0.15, -0.1) is 0 Å². The second-order valence-electron chi connectivity index (χ2n) is 2.72. The van der Waals surface area contributed by atoms with Crippen molar-refractivity contribution in [2.24, 2.45) is 5.73 Å². The van der Waals surface area contributed by atoms with Gasteiger partial charge in [0.1, 0.15) is 0 Å². The molecule has 1 rings (SSSR count). The third-order valence-corrected chi connectivity index (χ3v) is 1.96. The molecule has 1 aromatic rings. The minimum Gasteiger partial charge on any atom is -0.341 e. The molecule has 0 atom stereocenters. The van der Waals surface area contributed by atoms with E-state index in [0.29, 0.717) is 6.54 Å². The standard InChI is InChI=1S/C9H16N4/c1-3-13(4-2)9-11-6-5-8(7-10)12-9/h5-6H,3-4,7,10H2,1-2H3. The molecule has 0 unspecified atom stereocenters. The molecule has 0 fully saturated rings. The van der Waals surface area contributed by atoms with Crippen molar-refractivity contribution in [3.05, 3.63) is 18.0 Å². The molecule has 13 heavy (non-hydrogen) atoms. The summed E-state index contributed by atoms with van der Waals surface area (Å²) in [4.78, 5) is 10.6. The normalized spacial score (nSPS) is 10.1. The van der Waals surface area contributed by atoms with E-state index < -0.39 is 0 Å². The van der Waals surface area contributed by atoms with Crippen LogP contribution in [-0.2, 0) is 6.54 Å². The van der Waals surface area contributed by atoms with Gasteiger partial charge in [-0.3, -0.25) is 0 Å². The summed E-state index contributed by atoms with van der Waals surface area (Å²) in [5.74, 6) is 0.771. The minimum absolute atomic E-state index is 0.469. The summed E-state index contributed by atoms with van der Waals surface area (Å²) >= 11 is 0. The Morgan fingerprint density at radius 2 is 2.08 bits per heavy atom. The second-order valence-corrected chi connectivity index (χ2v) is 2.72. The van der Waals surface area contributed by atoms with Crippen LogP contribution in [0.2, 0.25) is 0 Å². The van der Waals surface area contributed by atoms with Gasteiger partial charge in [0.25, 0.3) is 0 Å². The van der Waals surface area contributed by atoms with Crippen molar-refractivity contribution < 1.29 is 0 Å². The number of nitrogens with two attached hydrogens (primary N) is 1. The molecule has 0 bridgehead atoms. The maximum Gasteiger partial charge on any atom is 0.225 e. The molecule has 4 heteroatoms. The van der Waals surface area contributed by atoms with Crippen LogP contribution in [0.25, 0.3) is 0 Å². The Hall–Kier alpha value is -1.16. The Morgan fingerprint density at radius 3 is 2.62 bits per heavy atom. The molecule has 0 radical (unpaired) electrons. The largest absolute Gasteiger partial charge is 0.341 e. The van der Waals surface area contributed by atoms with Gasteiger partial charge in [0.15, 0.2) is 0 Å². The van der Waals surface area contributed by atoms with E-state index in [2.05, 4.69) is 28.7 Å². The predicted octanol–water partition coefficient (Wildman–Crippen LogP) is 0.781. The SMILES string of the molecule is CCN(CC)c1nccc(CN)n1. The number of rotatable bonds is 4. The van der Waals surface area contributed by atoms with Crippen molar-refractivity contribution in [1.29, 1.82) is 0 Å². The molecule has 0 amide bonds. The van der Waals surface area contributed by atoms with E-state index in [1.807, 2.05) is 6.07 Å². The summed E-state index contributed by atoms with van der Waals surface area (Å²) in [7, 11) is 0. The number of hydrogen-bond acceptors (Lipinski definition) is 4. The van der Waals surface area contributed by atoms with Gasteiger partial charge in [-0.2, -0.15) is 0 Å². The fourth-order valence-electron chi connectivity index (χ4n) is 1.16. The molecule has 0 aliphatic heterocycles. The highest BCUT2D eigenvalue weighted by molar-refractivity contribution is 5.29. The summed E-state index contributed by atoms with van der Waals surface area (Å²) in [5, 5.41) is 0. The van der Waals surface area contributed by atoms with Crippen molar-refractivity contribution in [3.8, 4) is 0 Å². The molecule has 0 aliphatic rings. The van der Waals surface area contributed by atoms with Crippen molar-refractivity contribution in [1.82, 2.24) is 9.97 Å². The lowest BCUT2D eigenvalue weighted by Crippen LogP contribution is -2.24. The highest BCUT2D eigenvalue weighted by Crippen LogP contribution is 2.05. The lowest BCUT2D eigenvalue weighted by molar-refractivity contribution is 0.807. The molecule has 0 saturated carbocycles. The van der Waals surface area contributed by atoms with Gasteiger partial charge in [0.05, 0.1) is 5.69 Å². The van der Waals surface area contributed by atoms with Crippen LogP contribution in [0.5, 0.6) is 0 Å². The third-order valence-electron chi connectivity index (χ3n) is 1.96. The van der Waals surface area contributed by atoms with Gasteiger partial charge in [-0.1, -0.05) is 0 Å². The van der Waals surface area contributed by atoms with Crippen molar-refractivity contribution >= 4 is 5.95 Å². The third kappa shape index (κ3) is 2.39. The van der Waals surface area contributed by atoms with Crippen LogP contribution in [0.3, 0.4) is 0 Å². The fraction of sp³-hybridized carbons (Fsp3) is 0.556. The number of aromatic nitrogens is 2. The lowest BCUT2D eigenvalue weighted by Gasteiger charge is -2.18. The van der Waals surface area contributed by atoms with Crippen LogP contribution < -0.4 is 10.6 Å². The molecule has 4 nitrogen and oxygen atoms in total. The van der Waals surface area contributed by atoms with E-state index in [9.17, 15) is 0 Å². The second kappa shape index (κ2) is 4.77. The maximum absolute atomic E-state index is 5.49. The average Bonchev–Trinajstić information content (AvgIpc) is 2.20.